The average molecular weight is 318 g/mol. The minimum absolute atomic E-state index is 0.100. The van der Waals surface area contributed by atoms with Gasteiger partial charge in [-0.3, -0.25) is 4.79 Å². The van der Waals surface area contributed by atoms with E-state index < -0.39 is 41.3 Å². The summed E-state index contributed by atoms with van der Waals surface area (Å²) in [7, 11) is 0. The molecular formula is C14H22O8. The molecule has 3 saturated heterocycles. The second-order valence-electron chi connectivity index (χ2n) is 6.74. The van der Waals surface area contributed by atoms with Crippen molar-refractivity contribution in [3.05, 3.63) is 0 Å². The van der Waals surface area contributed by atoms with Crippen LogP contribution in [0, 0.1) is 0 Å². The Morgan fingerprint density at radius 3 is 2.36 bits per heavy atom. The molecule has 22 heavy (non-hydrogen) atoms. The minimum atomic E-state index is -2.18. The summed E-state index contributed by atoms with van der Waals surface area (Å²) in [5.74, 6) is -6.45. The van der Waals surface area contributed by atoms with E-state index in [2.05, 4.69) is 0 Å². The largest absolute Gasteiger partial charge is 0.424 e. The predicted molar refractivity (Wildman–Crippen MR) is 70.3 cm³/mol. The van der Waals surface area contributed by atoms with Crippen molar-refractivity contribution in [1.29, 1.82) is 0 Å². The van der Waals surface area contributed by atoms with Gasteiger partial charge in [-0.2, -0.15) is 0 Å². The van der Waals surface area contributed by atoms with E-state index in [0.29, 0.717) is 0 Å². The Morgan fingerprint density at radius 1 is 1.14 bits per heavy atom. The molecule has 0 saturated carbocycles. The summed E-state index contributed by atoms with van der Waals surface area (Å²) in [6.45, 7) is 8.00. The highest BCUT2D eigenvalue weighted by molar-refractivity contribution is 5.66. The number of carbonyl (C=O) groups is 1. The number of hydrogen-bond donors (Lipinski definition) is 1. The number of ether oxygens (including phenoxy) is 6. The lowest BCUT2D eigenvalue weighted by atomic mass is 9.92. The summed E-state index contributed by atoms with van der Waals surface area (Å²) in [4.78, 5) is 11.5. The summed E-state index contributed by atoms with van der Waals surface area (Å²) >= 11 is 0. The molecule has 0 unspecified atom stereocenters. The zero-order chi connectivity index (χ0) is 16.4. The zero-order valence-electron chi connectivity index (χ0n) is 13.4. The highest BCUT2D eigenvalue weighted by atomic mass is 16.9. The van der Waals surface area contributed by atoms with E-state index in [4.69, 9.17) is 28.4 Å². The first-order valence-corrected chi connectivity index (χ1v) is 7.24. The Kier molecular flexibility index (Phi) is 3.38. The summed E-state index contributed by atoms with van der Waals surface area (Å²) in [5, 5.41) is 11.1. The molecule has 0 aromatic carbocycles. The van der Waals surface area contributed by atoms with Crippen molar-refractivity contribution >= 4 is 5.97 Å². The van der Waals surface area contributed by atoms with Gasteiger partial charge in [0.15, 0.2) is 17.7 Å². The molecule has 8 heteroatoms. The molecule has 3 fully saturated rings. The molecule has 1 N–H and O–H groups in total. The first kappa shape index (κ1) is 16.1. The van der Waals surface area contributed by atoms with E-state index in [1.807, 2.05) is 0 Å². The molecule has 0 amide bonds. The number of rotatable bonds is 1. The van der Waals surface area contributed by atoms with Crippen LogP contribution in [0.25, 0.3) is 0 Å². The number of fused-ring (bicyclic) bond motifs is 1. The van der Waals surface area contributed by atoms with Gasteiger partial charge in [0.25, 0.3) is 11.6 Å². The summed E-state index contributed by atoms with van der Waals surface area (Å²) in [5.41, 5.74) is 0. The third-order valence-electron chi connectivity index (χ3n) is 3.92. The summed E-state index contributed by atoms with van der Waals surface area (Å²) in [6, 6.07) is 0. The molecule has 8 nitrogen and oxygen atoms in total. The van der Waals surface area contributed by atoms with Gasteiger partial charge < -0.3 is 33.5 Å². The monoisotopic (exact) mass is 318 g/mol. The lowest BCUT2D eigenvalue weighted by Gasteiger charge is -2.48. The highest BCUT2D eigenvalue weighted by Crippen LogP contribution is 2.49. The Balaban J connectivity index is 1.99. The quantitative estimate of drug-likeness (QED) is 0.544. The van der Waals surface area contributed by atoms with Crippen LogP contribution in [-0.2, 0) is 33.2 Å². The molecule has 3 aliphatic heterocycles. The van der Waals surface area contributed by atoms with Crippen molar-refractivity contribution in [2.45, 2.75) is 70.0 Å². The van der Waals surface area contributed by atoms with Gasteiger partial charge in [0.05, 0.1) is 6.61 Å². The van der Waals surface area contributed by atoms with E-state index in [9.17, 15) is 9.90 Å². The van der Waals surface area contributed by atoms with Crippen LogP contribution in [0.5, 0.6) is 0 Å². The first-order valence-electron chi connectivity index (χ1n) is 7.24. The molecule has 3 aliphatic rings. The molecule has 1 spiro atoms. The van der Waals surface area contributed by atoms with Crippen molar-refractivity contribution in [3.8, 4) is 0 Å². The highest BCUT2D eigenvalue weighted by Gasteiger charge is 2.73. The zero-order valence-corrected chi connectivity index (χ0v) is 13.4. The van der Waals surface area contributed by atoms with Crippen LogP contribution in [0.4, 0.5) is 0 Å². The van der Waals surface area contributed by atoms with Crippen molar-refractivity contribution in [2.75, 3.05) is 13.2 Å². The fourth-order valence-corrected chi connectivity index (χ4v) is 3.15. The van der Waals surface area contributed by atoms with Crippen LogP contribution in [0.1, 0.15) is 34.6 Å². The molecule has 0 aliphatic carbocycles. The van der Waals surface area contributed by atoms with Gasteiger partial charge in [-0.05, 0) is 27.7 Å². The fourth-order valence-electron chi connectivity index (χ4n) is 3.15. The Labute approximate surface area is 128 Å². The van der Waals surface area contributed by atoms with Gasteiger partial charge in [-0.15, -0.1) is 0 Å². The average Bonchev–Trinajstić information content (AvgIpc) is 2.83. The molecule has 126 valence electrons. The molecule has 0 bridgehead atoms. The van der Waals surface area contributed by atoms with E-state index in [0.717, 1.165) is 0 Å². The number of aliphatic hydroxyl groups is 1. The minimum Gasteiger partial charge on any atom is -0.424 e. The van der Waals surface area contributed by atoms with Gasteiger partial charge in [-0.1, -0.05) is 0 Å². The molecule has 0 radical (unpaired) electrons. The molecular weight excluding hydrogens is 296 g/mol. The third-order valence-corrected chi connectivity index (χ3v) is 3.92. The smallest absolute Gasteiger partial charge is 0.305 e. The molecule has 0 aromatic rings. The van der Waals surface area contributed by atoms with Crippen LogP contribution in [0.15, 0.2) is 0 Å². The maximum Gasteiger partial charge on any atom is 0.305 e. The molecule has 3 rings (SSSR count). The maximum atomic E-state index is 11.5. The Bertz CT molecular complexity index is 487. The van der Waals surface area contributed by atoms with Gasteiger partial charge in [0, 0.05) is 6.92 Å². The fraction of sp³-hybridized carbons (Fsp3) is 0.929. The van der Waals surface area contributed by atoms with Crippen LogP contribution < -0.4 is 0 Å². The van der Waals surface area contributed by atoms with Crippen LogP contribution in [0.3, 0.4) is 0 Å². The van der Waals surface area contributed by atoms with Crippen LogP contribution in [0.2, 0.25) is 0 Å². The predicted octanol–water partition coefficient (Wildman–Crippen LogP) is 0.268. The number of carbonyl (C=O) groups excluding carboxylic acids is 1. The normalized spacial score (nSPS) is 45.7. The van der Waals surface area contributed by atoms with E-state index in [-0.39, 0.29) is 13.2 Å². The van der Waals surface area contributed by atoms with E-state index in [1.165, 1.54) is 6.92 Å². The van der Waals surface area contributed by atoms with Crippen molar-refractivity contribution in [3.63, 3.8) is 0 Å². The standard InChI is InChI=1S/C14H22O8/c1-8(15)19-14(16)10-9(20-12(4,5)21-10)6-17-13(14)7-18-11(2,3)22-13/h9-10,16H,6-7H2,1-5H3/t9-,10-,13+,14+/m1/s1. The van der Waals surface area contributed by atoms with E-state index in [1.54, 1.807) is 27.7 Å². The molecule has 4 atom stereocenters. The summed E-state index contributed by atoms with van der Waals surface area (Å²) < 4.78 is 33.6. The third kappa shape index (κ3) is 2.34. The van der Waals surface area contributed by atoms with Crippen molar-refractivity contribution in [1.82, 2.24) is 0 Å². The number of hydrogen-bond acceptors (Lipinski definition) is 8. The first-order chi connectivity index (χ1) is 9.99. The Morgan fingerprint density at radius 2 is 1.82 bits per heavy atom. The van der Waals surface area contributed by atoms with E-state index >= 15 is 0 Å². The lowest BCUT2D eigenvalue weighted by Crippen LogP contribution is -2.72. The lowest BCUT2D eigenvalue weighted by molar-refractivity contribution is -0.427. The molecule has 3 heterocycles. The number of esters is 1. The topological polar surface area (TPSA) is 92.7 Å². The Hall–Kier alpha value is -0.770. The second kappa shape index (κ2) is 4.62. The van der Waals surface area contributed by atoms with Gasteiger partial charge in [0.2, 0.25) is 0 Å². The van der Waals surface area contributed by atoms with Crippen LogP contribution >= 0.6 is 0 Å². The van der Waals surface area contributed by atoms with Crippen molar-refractivity contribution in [2.24, 2.45) is 0 Å². The van der Waals surface area contributed by atoms with Crippen molar-refractivity contribution < 1.29 is 38.3 Å². The maximum absolute atomic E-state index is 11.5. The van der Waals surface area contributed by atoms with Crippen LogP contribution in [-0.4, -0.2) is 59.6 Å². The second-order valence-corrected chi connectivity index (χ2v) is 6.74. The molecule has 0 aromatic heterocycles. The van der Waals surface area contributed by atoms with Gasteiger partial charge in [0.1, 0.15) is 12.7 Å². The summed E-state index contributed by atoms with van der Waals surface area (Å²) in [6.07, 6.45) is -1.53. The van der Waals surface area contributed by atoms with Gasteiger partial charge >= 0.3 is 5.97 Å². The van der Waals surface area contributed by atoms with Gasteiger partial charge in [-0.25, -0.2) is 0 Å². The SMILES string of the molecule is CC(=O)O[C@@]1(O)[C@@H]2OC(C)(C)O[C@@H]2CO[C@]12COC(C)(C)O2.